The highest BCUT2D eigenvalue weighted by atomic mass is 19.1. The molecular weight excluding hydrogens is 295 g/mol. The molecule has 0 radical (unpaired) electrons. The molecule has 2 aromatic heterocycles. The number of aryl methyl sites for hydroxylation is 1. The number of imidazole rings is 1. The number of aromatic nitrogens is 3. The highest BCUT2D eigenvalue weighted by molar-refractivity contribution is 5.98. The lowest BCUT2D eigenvalue weighted by molar-refractivity contribution is 0.0725. The lowest BCUT2D eigenvalue weighted by Crippen LogP contribution is -2.31. The third-order valence-electron chi connectivity index (χ3n) is 4.37. The lowest BCUT2D eigenvalue weighted by Gasteiger charge is -2.22. The van der Waals surface area contributed by atoms with Crippen LogP contribution in [0, 0.1) is 12.7 Å². The third-order valence-corrected chi connectivity index (χ3v) is 4.37. The maximum absolute atomic E-state index is 13.3. The molecular formula is C17H17FN4O. The van der Waals surface area contributed by atoms with Crippen LogP contribution in [0.1, 0.15) is 40.9 Å². The van der Waals surface area contributed by atoms with E-state index in [0.29, 0.717) is 17.8 Å². The van der Waals surface area contributed by atoms with Gasteiger partial charge in [-0.25, -0.2) is 9.37 Å². The summed E-state index contributed by atoms with van der Waals surface area (Å²) in [5.74, 6) is 0.442. The van der Waals surface area contributed by atoms with Crippen molar-refractivity contribution in [1.29, 1.82) is 0 Å². The van der Waals surface area contributed by atoms with E-state index in [1.807, 2.05) is 11.8 Å². The van der Waals surface area contributed by atoms with Crippen molar-refractivity contribution in [2.75, 3.05) is 6.54 Å². The van der Waals surface area contributed by atoms with Gasteiger partial charge in [-0.05, 0) is 44.0 Å². The molecule has 3 aromatic rings. The van der Waals surface area contributed by atoms with Crippen LogP contribution in [-0.2, 0) is 0 Å². The second-order valence-electron chi connectivity index (χ2n) is 6.02. The first-order valence-electron chi connectivity index (χ1n) is 7.72. The molecule has 1 fully saturated rings. The first kappa shape index (κ1) is 14.0. The Morgan fingerprint density at radius 1 is 1.35 bits per heavy atom. The second-order valence-corrected chi connectivity index (χ2v) is 6.02. The van der Waals surface area contributed by atoms with Crippen molar-refractivity contribution in [3.63, 3.8) is 0 Å². The molecule has 1 amide bonds. The van der Waals surface area contributed by atoms with E-state index < -0.39 is 0 Å². The number of fused-ring (bicyclic) bond motifs is 1. The Morgan fingerprint density at radius 2 is 2.22 bits per heavy atom. The Morgan fingerprint density at radius 3 is 3.00 bits per heavy atom. The molecule has 3 heterocycles. The number of carbonyl (C=O) groups is 1. The molecule has 1 aromatic carbocycles. The SMILES string of the molecule is Cc1cnc([C@@H]2CCCN2C(=O)c2cc3ccc(F)cc3[nH]2)[nH]1. The molecule has 0 spiro atoms. The quantitative estimate of drug-likeness (QED) is 0.762. The van der Waals surface area contributed by atoms with Gasteiger partial charge in [0.15, 0.2) is 0 Å². The summed E-state index contributed by atoms with van der Waals surface area (Å²) in [6.07, 6.45) is 3.63. The number of benzene rings is 1. The van der Waals surface area contributed by atoms with Crippen molar-refractivity contribution in [2.24, 2.45) is 0 Å². The van der Waals surface area contributed by atoms with Crippen molar-refractivity contribution in [2.45, 2.75) is 25.8 Å². The van der Waals surface area contributed by atoms with E-state index in [1.165, 1.54) is 12.1 Å². The molecule has 1 atom stereocenters. The number of rotatable bonds is 2. The summed E-state index contributed by atoms with van der Waals surface area (Å²) >= 11 is 0. The fraction of sp³-hybridized carbons (Fsp3) is 0.294. The van der Waals surface area contributed by atoms with E-state index in [2.05, 4.69) is 15.0 Å². The average molecular weight is 312 g/mol. The number of carbonyl (C=O) groups excluding carboxylic acids is 1. The summed E-state index contributed by atoms with van der Waals surface area (Å²) in [5, 5.41) is 0.833. The molecule has 0 unspecified atom stereocenters. The van der Waals surface area contributed by atoms with Crippen LogP contribution in [-0.4, -0.2) is 32.3 Å². The van der Waals surface area contributed by atoms with Gasteiger partial charge in [-0.1, -0.05) is 0 Å². The number of H-pyrrole nitrogens is 2. The second kappa shape index (κ2) is 5.22. The van der Waals surface area contributed by atoms with Crippen LogP contribution in [0.2, 0.25) is 0 Å². The molecule has 23 heavy (non-hydrogen) atoms. The minimum atomic E-state index is -0.316. The predicted molar refractivity (Wildman–Crippen MR) is 84.6 cm³/mol. The number of likely N-dealkylation sites (tertiary alicyclic amines) is 1. The van der Waals surface area contributed by atoms with Gasteiger partial charge < -0.3 is 14.9 Å². The Bertz CT molecular complexity index is 882. The van der Waals surface area contributed by atoms with Crippen molar-refractivity contribution >= 4 is 16.8 Å². The van der Waals surface area contributed by atoms with Gasteiger partial charge >= 0.3 is 0 Å². The standard InChI is InChI=1S/C17H17FN4O/c1-10-9-19-16(20-10)15-3-2-6-22(15)17(23)14-7-11-4-5-12(18)8-13(11)21-14/h4-5,7-9,15,21H,2-3,6H2,1H3,(H,19,20)/t15-/m0/s1. The summed E-state index contributed by atoms with van der Waals surface area (Å²) in [5.41, 5.74) is 2.11. The molecule has 118 valence electrons. The van der Waals surface area contributed by atoms with Crippen LogP contribution in [0.25, 0.3) is 10.9 Å². The molecule has 0 saturated carbocycles. The van der Waals surface area contributed by atoms with Gasteiger partial charge in [-0.2, -0.15) is 0 Å². The van der Waals surface area contributed by atoms with Crippen molar-refractivity contribution < 1.29 is 9.18 Å². The monoisotopic (exact) mass is 312 g/mol. The summed E-state index contributed by atoms with van der Waals surface area (Å²) in [4.78, 5) is 25.3. The van der Waals surface area contributed by atoms with Crippen molar-refractivity contribution in [3.05, 3.63) is 53.5 Å². The van der Waals surface area contributed by atoms with Crippen LogP contribution >= 0.6 is 0 Å². The normalized spacial score (nSPS) is 18.0. The number of hydrogen-bond donors (Lipinski definition) is 2. The number of hydrogen-bond acceptors (Lipinski definition) is 2. The van der Waals surface area contributed by atoms with Crippen LogP contribution in [0.4, 0.5) is 4.39 Å². The van der Waals surface area contributed by atoms with Gasteiger partial charge in [0.25, 0.3) is 5.91 Å². The molecule has 1 aliphatic rings. The van der Waals surface area contributed by atoms with E-state index in [0.717, 1.165) is 29.7 Å². The Balaban J connectivity index is 1.66. The van der Waals surface area contributed by atoms with Crippen LogP contribution in [0.3, 0.4) is 0 Å². The molecule has 0 bridgehead atoms. The summed E-state index contributed by atoms with van der Waals surface area (Å²) < 4.78 is 13.3. The van der Waals surface area contributed by atoms with Crippen LogP contribution < -0.4 is 0 Å². The molecule has 6 heteroatoms. The smallest absolute Gasteiger partial charge is 0.270 e. The number of halogens is 1. The first-order valence-corrected chi connectivity index (χ1v) is 7.72. The summed E-state index contributed by atoms with van der Waals surface area (Å²) in [7, 11) is 0. The average Bonchev–Trinajstić information content (AvgIpc) is 3.23. The Labute approximate surface area is 132 Å². The Hall–Kier alpha value is -2.63. The van der Waals surface area contributed by atoms with E-state index in [-0.39, 0.29) is 17.8 Å². The fourth-order valence-corrected chi connectivity index (χ4v) is 3.27. The highest BCUT2D eigenvalue weighted by Crippen LogP contribution is 2.32. The van der Waals surface area contributed by atoms with Crippen molar-refractivity contribution in [3.8, 4) is 0 Å². The van der Waals surface area contributed by atoms with E-state index >= 15 is 0 Å². The van der Waals surface area contributed by atoms with E-state index in [4.69, 9.17) is 0 Å². The van der Waals surface area contributed by atoms with Crippen LogP contribution in [0.15, 0.2) is 30.5 Å². The minimum absolute atomic E-state index is 0.0284. The van der Waals surface area contributed by atoms with Gasteiger partial charge in [-0.3, -0.25) is 4.79 Å². The van der Waals surface area contributed by atoms with Gasteiger partial charge in [0.1, 0.15) is 17.3 Å². The van der Waals surface area contributed by atoms with Gasteiger partial charge in [-0.15, -0.1) is 0 Å². The number of nitrogens with one attached hydrogen (secondary N) is 2. The zero-order valence-corrected chi connectivity index (χ0v) is 12.8. The van der Waals surface area contributed by atoms with Gasteiger partial charge in [0, 0.05) is 29.3 Å². The summed E-state index contributed by atoms with van der Waals surface area (Å²) in [6, 6.07) is 6.23. The maximum Gasteiger partial charge on any atom is 0.270 e. The number of amides is 1. The van der Waals surface area contributed by atoms with E-state index in [9.17, 15) is 9.18 Å². The molecule has 5 nitrogen and oxygen atoms in total. The lowest BCUT2D eigenvalue weighted by atomic mass is 10.2. The largest absolute Gasteiger partial charge is 0.350 e. The van der Waals surface area contributed by atoms with Crippen LogP contribution in [0.5, 0.6) is 0 Å². The fourth-order valence-electron chi connectivity index (χ4n) is 3.27. The highest BCUT2D eigenvalue weighted by Gasteiger charge is 2.33. The van der Waals surface area contributed by atoms with Crippen molar-refractivity contribution in [1.82, 2.24) is 19.9 Å². The third kappa shape index (κ3) is 2.40. The topological polar surface area (TPSA) is 64.8 Å². The zero-order chi connectivity index (χ0) is 16.0. The molecule has 1 aliphatic heterocycles. The van der Waals surface area contributed by atoms with Gasteiger partial charge in [0.05, 0.1) is 6.04 Å². The van der Waals surface area contributed by atoms with E-state index in [1.54, 1.807) is 18.3 Å². The molecule has 4 rings (SSSR count). The minimum Gasteiger partial charge on any atom is -0.350 e. The molecule has 2 N–H and O–H groups in total. The molecule has 1 saturated heterocycles. The Kier molecular flexibility index (Phi) is 3.18. The zero-order valence-electron chi connectivity index (χ0n) is 12.8. The maximum atomic E-state index is 13.3. The molecule has 0 aliphatic carbocycles. The van der Waals surface area contributed by atoms with Gasteiger partial charge in [0.2, 0.25) is 0 Å². The number of nitrogens with zero attached hydrogens (tertiary/aromatic N) is 2. The first-order chi connectivity index (χ1) is 11.1. The summed E-state index contributed by atoms with van der Waals surface area (Å²) in [6.45, 7) is 2.65. The predicted octanol–water partition coefficient (Wildman–Crippen LogP) is 3.32. The number of aromatic amines is 2.